The molecular formula is C13H18ClN5. The van der Waals surface area contributed by atoms with Crippen LogP contribution in [0.3, 0.4) is 0 Å². The third kappa shape index (κ3) is 3.44. The van der Waals surface area contributed by atoms with Crippen LogP contribution in [-0.2, 0) is 12.0 Å². The molecule has 0 fully saturated rings. The normalized spacial score (nSPS) is 11.6. The van der Waals surface area contributed by atoms with E-state index >= 15 is 0 Å². The molecule has 6 heteroatoms. The smallest absolute Gasteiger partial charge is 0.137 e. The Hall–Kier alpha value is -1.62. The summed E-state index contributed by atoms with van der Waals surface area (Å²) < 4.78 is 0. The monoisotopic (exact) mass is 279 g/mol. The summed E-state index contributed by atoms with van der Waals surface area (Å²) in [5.74, 6) is 1.46. The van der Waals surface area contributed by atoms with Crippen LogP contribution < -0.4 is 5.32 Å². The van der Waals surface area contributed by atoms with Crippen LogP contribution in [0.5, 0.6) is 0 Å². The zero-order chi connectivity index (χ0) is 14.0. The molecule has 0 aromatic carbocycles. The zero-order valence-electron chi connectivity index (χ0n) is 11.6. The lowest BCUT2D eigenvalue weighted by atomic mass is 9.96. The molecule has 0 spiro atoms. The number of halogens is 1. The molecule has 2 rings (SSSR count). The summed E-state index contributed by atoms with van der Waals surface area (Å²) in [5, 5.41) is 10.6. The van der Waals surface area contributed by atoms with Gasteiger partial charge in [0.05, 0.1) is 6.20 Å². The molecule has 0 saturated carbocycles. The first-order valence-corrected chi connectivity index (χ1v) is 6.52. The third-order valence-electron chi connectivity index (χ3n) is 2.76. The fraction of sp³-hybridized carbons (Fsp3) is 0.462. The van der Waals surface area contributed by atoms with E-state index in [0.29, 0.717) is 11.7 Å². The van der Waals surface area contributed by atoms with Crippen LogP contribution in [0.4, 0.5) is 5.82 Å². The van der Waals surface area contributed by atoms with Crippen molar-refractivity contribution >= 4 is 17.4 Å². The second-order valence-corrected chi connectivity index (χ2v) is 5.91. The molecule has 0 unspecified atom stereocenters. The van der Waals surface area contributed by atoms with Gasteiger partial charge in [-0.2, -0.15) is 5.10 Å². The van der Waals surface area contributed by atoms with Crippen molar-refractivity contribution in [3.63, 3.8) is 0 Å². The summed E-state index contributed by atoms with van der Waals surface area (Å²) in [7, 11) is 0. The van der Waals surface area contributed by atoms with Crippen LogP contribution in [0, 0.1) is 6.92 Å². The minimum absolute atomic E-state index is 0.132. The van der Waals surface area contributed by atoms with Crippen LogP contribution >= 0.6 is 11.6 Å². The van der Waals surface area contributed by atoms with Gasteiger partial charge in [-0.1, -0.05) is 32.4 Å². The summed E-state index contributed by atoms with van der Waals surface area (Å²) in [6, 6.07) is 1.73. The van der Waals surface area contributed by atoms with E-state index in [0.717, 1.165) is 22.9 Å². The van der Waals surface area contributed by atoms with E-state index in [1.165, 1.54) is 0 Å². The fourth-order valence-electron chi connectivity index (χ4n) is 1.58. The summed E-state index contributed by atoms with van der Waals surface area (Å²) in [5.41, 5.74) is 2.02. The Labute approximate surface area is 117 Å². The lowest BCUT2D eigenvalue weighted by Crippen LogP contribution is -2.17. The van der Waals surface area contributed by atoms with Crippen molar-refractivity contribution in [2.24, 2.45) is 0 Å². The quantitative estimate of drug-likeness (QED) is 0.848. The van der Waals surface area contributed by atoms with Crippen LogP contribution in [0.1, 0.15) is 37.9 Å². The van der Waals surface area contributed by atoms with Crippen molar-refractivity contribution in [1.29, 1.82) is 0 Å². The van der Waals surface area contributed by atoms with Crippen molar-refractivity contribution < 1.29 is 0 Å². The molecule has 0 amide bonds. The number of nitrogens with one attached hydrogen (secondary N) is 2. The van der Waals surface area contributed by atoms with E-state index in [1.54, 1.807) is 12.3 Å². The first-order chi connectivity index (χ1) is 8.86. The minimum atomic E-state index is -0.132. The van der Waals surface area contributed by atoms with E-state index < -0.39 is 0 Å². The first kappa shape index (κ1) is 13.8. The van der Waals surface area contributed by atoms with Gasteiger partial charge in [-0.05, 0) is 6.92 Å². The maximum atomic E-state index is 6.04. The first-order valence-electron chi connectivity index (χ1n) is 6.14. The fourth-order valence-corrected chi connectivity index (χ4v) is 1.77. The van der Waals surface area contributed by atoms with Gasteiger partial charge in [-0.15, -0.1) is 0 Å². The predicted octanol–water partition coefficient (Wildman–Crippen LogP) is 3.07. The molecule has 0 radical (unpaired) electrons. The molecule has 0 atom stereocenters. The summed E-state index contributed by atoms with van der Waals surface area (Å²) in [6.45, 7) is 8.81. The van der Waals surface area contributed by atoms with Crippen molar-refractivity contribution in [1.82, 2.24) is 20.2 Å². The number of rotatable bonds is 3. The van der Waals surface area contributed by atoms with Gasteiger partial charge in [0.2, 0.25) is 0 Å². The van der Waals surface area contributed by atoms with E-state index in [1.807, 2.05) is 6.92 Å². The Kier molecular flexibility index (Phi) is 3.75. The molecule has 5 nitrogen and oxygen atoms in total. The largest absolute Gasteiger partial charge is 0.366 e. The number of hydrogen-bond donors (Lipinski definition) is 2. The van der Waals surface area contributed by atoms with Crippen LogP contribution in [0.25, 0.3) is 0 Å². The zero-order valence-corrected chi connectivity index (χ0v) is 12.3. The van der Waals surface area contributed by atoms with Crippen molar-refractivity contribution in [3.8, 4) is 0 Å². The Morgan fingerprint density at radius 1 is 1.32 bits per heavy atom. The standard InChI is InChI=1S/C13H18ClN5/c1-8-9(7-16-19-8)6-15-11-5-10(14)17-12(18-11)13(2,3)4/h5,7H,6H2,1-4H3,(H,16,19)(H,15,17,18). The van der Waals surface area contributed by atoms with Gasteiger partial charge in [-0.3, -0.25) is 5.10 Å². The Bertz CT molecular complexity index is 571. The highest BCUT2D eigenvalue weighted by Gasteiger charge is 2.18. The molecule has 2 heterocycles. The maximum Gasteiger partial charge on any atom is 0.137 e. The average Bonchev–Trinajstić information content (AvgIpc) is 2.70. The van der Waals surface area contributed by atoms with Gasteiger partial charge in [0.15, 0.2) is 0 Å². The number of nitrogens with zero attached hydrogens (tertiary/aromatic N) is 3. The molecule has 0 aliphatic rings. The molecule has 2 aromatic rings. The van der Waals surface area contributed by atoms with Gasteiger partial charge in [0.25, 0.3) is 0 Å². The van der Waals surface area contributed by atoms with Gasteiger partial charge in [-0.25, -0.2) is 9.97 Å². The molecule has 0 aliphatic heterocycles. The maximum absolute atomic E-state index is 6.04. The molecular weight excluding hydrogens is 262 g/mol. The van der Waals surface area contributed by atoms with Crippen molar-refractivity contribution in [2.45, 2.75) is 39.7 Å². The van der Waals surface area contributed by atoms with Gasteiger partial charge in [0.1, 0.15) is 16.8 Å². The van der Waals surface area contributed by atoms with E-state index in [9.17, 15) is 0 Å². The molecule has 2 N–H and O–H groups in total. The molecule has 102 valence electrons. The molecule has 0 saturated heterocycles. The number of H-pyrrole nitrogens is 1. The van der Waals surface area contributed by atoms with Gasteiger partial charge < -0.3 is 5.32 Å². The van der Waals surface area contributed by atoms with Gasteiger partial charge >= 0.3 is 0 Å². The second kappa shape index (κ2) is 5.17. The Morgan fingerprint density at radius 2 is 2.05 bits per heavy atom. The van der Waals surface area contributed by atoms with Crippen LogP contribution in [0.2, 0.25) is 5.15 Å². The Morgan fingerprint density at radius 3 is 2.63 bits per heavy atom. The van der Waals surface area contributed by atoms with Crippen LogP contribution in [-0.4, -0.2) is 20.2 Å². The number of anilines is 1. The average molecular weight is 280 g/mol. The molecule has 0 bridgehead atoms. The van der Waals surface area contributed by atoms with Gasteiger partial charge in [0, 0.05) is 29.3 Å². The number of aromatic amines is 1. The second-order valence-electron chi connectivity index (χ2n) is 5.52. The highest BCUT2D eigenvalue weighted by Crippen LogP contribution is 2.22. The van der Waals surface area contributed by atoms with E-state index in [-0.39, 0.29) is 5.41 Å². The lowest BCUT2D eigenvalue weighted by molar-refractivity contribution is 0.546. The van der Waals surface area contributed by atoms with Crippen molar-refractivity contribution in [3.05, 3.63) is 34.5 Å². The summed E-state index contributed by atoms with van der Waals surface area (Å²) in [6.07, 6.45) is 1.80. The highest BCUT2D eigenvalue weighted by atomic mass is 35.5. The van der Waals surface area contributed by atoms with E-state index in [2.05, 4.69) is 46.3 Å². The number of aryl methyl sites for hydroxylation is 1. The lowest BCUT2D eigenvalue weighted by Gasteiger charge is -2.17. The minimum Gasteiger partial charge on any atom is -0.366 e. The Balaban J connectivity index is 2.17. The number of hydrogen-bond acceptors (Lipinski definition) is 4. The third-order valence-corrected chi connectivity index (χ3v) is 2.95. The van der Waals surface area contributed by atoms with E-state index in [4.69, 9.17) is 11.6 Å². The summed E-state index contributed by atoms with van der Waals surface area (Å²) >= 11 is 6.04. The predicted molar refractivity (Wildman–Crippen MR) is 76.4 cm³/mol. The SMILES string of the molecule is Cc1[nH]ncc1CNc1cc(Cl)nc(C(C)(C)C)n1. The van der Waals surface area contributed by atoms with Crippen molar-refractivity contribution in [2.75, 3.05) is 5.32 Å². The van der Waals surface area contributed by atoms with Crippen LogP contribution in [0.15, 0.2) is 12.3 Å². The summed E-state index contributed by atoms with van der Waals surface area (Å²) in [4.78, 5) is 8.76. The molecule has 2 aromatic heterocycles. The topological polar surface area (TPSA) is 66.5 Å². The highest BCUT2D eigenvalue weighted by molar-refractivity contribution is 6.29. The molecule has 19 heavy (non-hydrogen) atoms. The number of aromatic nitrogens is 4. The molecule has 0 aliphatic carbocycles.